The molecule has 0 saturated carbocycles. The molecule has 156 valence electrons. The molecule has 6 heteroatoms. The Labute approximate surface area is 187 Å². The molecule has 0 bridgehead atoms. The van der Waals surface area contributed by atoms with Crippen molar-refractivity contribution in [2.45, 2.75) is 26.8 Å². The first-order valence-corrected chi connectivity index (χ1v) is 10.5. The van der Waals surface area contributed by atoms with E-state index >= 15 is 0 Å². The molecule has 0 aliphatic carbocycles. The summed E-state index contributed by atoms with van der Waals surface area (Å²) in [5.74, 6) is 0.178. The third-order valence-corrected chi connectivity index (χ3v) is 5.37. The Morgan fingerprint density at radius 3 is 2.27 bits per heavy atom. The van der Waals surface area contributed by atoms with Crippen LogP contribution in [0.25, 0.3) is 0 Å². The zero-order valence-electron chi connectivity index (χ0n) is 17.0. The Kier molecular flexibility index (Phi) is 7.61. The lowest BCUT2D eigenvalue weighted by Gasteiger charge is -2.12. The van der Waals surface area contributed by atoms with E-state index < -0.39 is 0 Å². The number of aryl methyl sites for hydroxylation is 2. The Morgan fingerprint density at radius 1 is 0.900 bits per heavy atom. The molecule has 0 aromatic heterocycles. The summed E-state index contributed by atoms with van der Waals surface area (Å²) in [6, 6.07) is 19.2. The highest BCUT2D eigenvalue weighted by Gasteiger charge is 2.08. The Morgan fingerprint density at radius 2 is 1.60 bits per heavy atom. The van der Waals surface area contributed by atoms with Gasteiger partial charge in [-0.1, -0.05) is 54.4 Å². The molecule has 0 spiro atoms. The second kappa shape index (κ2) is 10.4. The predicted molar refractivity (Wildman–Crippen MR) is 125 cm³/mol. The molecular weight excluding hydrogens is 419 g/mol. The summed E-state index contributed by atoms with van der Waals surface area (Å²) in [6.07, 6.45) is 1.02. The van der Waals surface area contributed by atoms with Gasteiger partial charge in [-0.05, 0) is 66.4 Å². The molecule has 1 amide bonds. The quantitative estimate of drug-likeness (QED) is 0.418. The molecule has 0 aliphatic heterocycles. The highest BCUT2D eigenvalue weighted by atomic mass is 35.5. The molecule has 3 aromatic rings. The Balaban J connectivity index is 1.51. The van der Waals surface area contributed by atoms with Gasteiger partial charge in [-0.2, -0.15) is 0 Å². The normalized spacial score (nSPS) is 10.5. The average molecular weight is 443 g/mol. The maximum atomic E-state index is 12.1. The van der Waals surface area contributed by atoms with E-state index in [1.54, 1.807) is 18.2 Å². The van der Waals surface area contributed by atoms with E-state index in [1.165, 1.54) is 5.56 Å². The van der Waals surface area contributed by atoms with Crippen LogP contribution in [0.1, 0.15) is 23.6 Å². The van der Waals surface area contributed by atoms with Gasteiger partial charge < -0.3 is 15.4 Å². The molecule has 0 saturated heterocycles. The molecule has 0 atom stereocenters. The molecule has 2 N–H and O–H groups in total. The first-order chi connectivity index (χ1) is 14.4. The lowest BCUT2D eigenvalue weighted by Crippen LogP contribution is -2.20. The van der Waals surface area contributed by atoms with Crippen molar-refractivity contribution in [3.05, 3.63) is 87.4 Å². The number of hydrogen-bond donors (Lipinski definition) is 2. The van der Waals surface area contributed by atoms with Crippen molar-refractivity contribution in [3.63, 3.8) is 0 Å². The van der Waals surface area contributed by atoms with Crippen molar-refractivity contribution in [2.75, 3.05) is 17.2 Å². The number of rotatable bonds is 8. The number of benzene rings is 3. The summed E-state index contributed by atoms with van der Waals surface area (Å²) in [5, 5.41) is 7.19. The van der Waals surface area contributed by atoms with Gasteiger partial charge in [0.25, 0.3) is 5.91 Å². The zero-order chi connectivity index (χ0) is 21.5. The van der Waals surface area contributed by atoms with E-state index in [4.69, 9.17) is 27.9 Å². The van der Waals surface area contributed by atoms with Gasteiger partial charge >= 0.3 is 0 Å². The van der Waals surface area contributed by atoms with Crippen LogP contribution in [0.4, 0.5) is 11.4 Å². The largest absolute Gasteiger partial charge is 0.482 e. The van der Waals surface area contributed by atoms with Crippen LogP contribution in [0.2, 0.25) is 10.0 Å². The number of carbonyl (C=O) groups is 1. The highest BCUT2D eigenvalue weighted by molar-refractivity contribution is 6.32. The molecule has 0 radical (unpaired) electrons. The minimum atomic E-state index is -0.285. The van der Waals surface area contributed by atoms with Gasteiger partial charge in [-0.15, -0.1) is 0 Å². The molecule has 3 rings (SSSR count). The third kappa shape index (κ3) is 6.15. The van der Waals surface area contributed by atoms with Gasteiger partial charge in [0.1, 0.15) is 5.75 Å². The van der Waals surface area contributed by atoms with Crippen LogP contribution in [0.5, 0.6) is 5.75 Å². The average Bonchev–Trinajstić information content (AvgIpc) is 2.74. The summed E-state index contributed by atoms with van der Waals surface area (Å²) in [5.41, 5.74) is 4.95. The molecule has 30 heavy (non-hydrogen) atoms. The monoisotopic (exact) mass is 442 g/mol. The van der Waals surface area contributed by atoms with Crippen molar-refractivity contribution in [2.24, 2.45) is 0 Å². The first kappa shape index (κ1) is 22.0. The van der Waals surface area contributed by atoms with Crippen molar-refractivity contribution < 1.29 is 9.53 Å². The highest BCUT2D eigenvalue weighted by Crippen LogP contribution is 2.26. The maximum Gasteiger partial charge on any atom is 0.262 e. The summed E-state index contributed by atoms with van der Waals surface area (Å²) in [6.45, 7) is 4.53. The van der Waals surface area contributed by atoms with Crippen molar-refractivity contribution in [3.8, 4) is 5.75 Å². The fourth-order valence-electron chi connectivity index (χ4n) is 2.84. The number of halogens is 2. The minimum absolute atomic E-state index is 0.146. The van der Waals surface area contributed by atoms with Gasteiger partial charge in [-0.3, -0.25) is 4.79 Å². The molecular formula is C24H24Cl2N2O2. The second-order valence-corrected chi connectivity index (χ2v) is 7.78. The van der Waals surface area contributed by atoms with Crippen LogP contribution in [-0.2, 0) is 17.8 Å². The van der Waals surface area contributed by atoms with Gasteiger partial charge in [-0.25, -0.2) is 0 Å². The van der Waals surface area contributed by atoms with Gasteiger partial charge in [0.15, 0.2) is 6.61 Å². The van der Waals surface area contributed by atoms with Crippen LogP contribution in [0.3, 0.4) is 0 Å². The summed E-state index contributed by atoms with van der Waals surface area (Å²) < 4.78 is 5.57. The number of anilines is 2. The first-order valence-electron chi connectivity index (χ1n) is 9.74. The van der Waals surface area contributed by atoms with Crippen LogP contribution < -0.4 is 15.4 Å². The zero-order valence-corrected chi connectivity index (χ0v) is 18.5. The summed E-state index contributed by atoms with van der Waals surface area (Å²) >= 11 is 12.4. The van der Waals surface area contributed by atoms with E-state index in [0.29, 0.717) is 28.0 Å². The standard InChI is InChI=1S/C24H24Cl2N2O2/c1-3-17-5-9-19(10-6-17)27-14-18-7-11-23(22(26)12-18)30-15-24(29)28-20-8-4-16(2)21(25)13-20/h4-13,27H,3,14-15H2,1-2H3,(H,28,29). The molecule has 0 fully saturated rings. The fraction of sp³-hybridized carbons (Fsp3) is 0.208. The van der Waals surface area contributed by atoms with E-state index in [0.717, 1.165) is 23.2 Å². The Hall–Kier alpha value is -2.69. The van der Waals surface area contributed by atoms with Crippen LogP contribution in [0.15, 0.2) is 60.7 Å². The van der Waals surface area contributed by atoms with Crippen LogP contribution in [0, 0.1) is 6.92 Å². The SMILES string of the molecule is CCc1ccc(NCc2ccc(OCC(=O)Nc3ccc(C)c(Cl)c3)c(Cl)c2)cc1. The smallest absolute Gasteiger partial charge is 0.262 e. The number of amides is 1. The lowest BCUT2D eigenvalue weighted by molar-refractivity contribution is -0.118. The predicted octanol–water partition coefficient (Wildman–Crippen LogP) is 6.49. The lowest BCUT2D eigenvalue weighted by atomic mass is 10.1. The number of hydrogen-bond acceptors (Lipinski definition) is 3. The molecule has 4 nitrogen and oxygen atoms in total. The number of ether oxygens (including phenoxy) is 1. The van der Waals surface area contributed by atoms with E-state index in [1.807, 2.05) is 25.1 Å². The van der Waals surface area contributed by atoms with Crippen molar-refractivity contribution in [1.82, 2.24) is 0 Å². The summed E-state index contributed by atoms with van der Waals surface area (Å²) in [7, 11) is 0. The summed E-state index contributed by atoms with van der Waals surface area (Å²) in [4.78, 5) is 12.1. The number of carbonyl (C=O) groups excluding carboxylic acids is 1. The van der Waals surface area contributed by atoms with Crippen molar-refractivity contribution in [1.29, 1.82) is 0 Å². The molecule has 0 unspecified atom stereocenters. The maximum absolute atomic E-state index is 12.1. The molecule has 0 aliphatic rings. The second-order valence-electron chi connectivity index (χ2n) is 6.97. The fourth-order valence-corrected chi connectivity index (χ4v) is 3.28. The van der Waals surface area contributed by atoms with E-state index in [9.17, 15) is 4.79 Å². The van der Waals surface area contributed by atoms with Gasteiger partial charge in [0, 0.05) is 22.9 Å². The van der Waals surface area contributed by atoms with Crippen LogP contribution >= 0.6 is 23.2 Å². The van der Waals surface area contributed by atoms with Gasteiger partial charge in [0.2, 0.25) is 0 Å². The topological polar surface area (TPSA) is 50.4 Å². The third-order valence-electron chi connectivity index (χ3n) is 4.67. The van der Waals surface area contributed by atoms with E-state index in [2.05, 4.69) is 41.8 Å². The van der Waals surface area contributed by atoms with Crippen LogP contribution in [-0.4, -0.2) is 12.5 Å². The Bertz CT molecular complexity index is 1020. The minimum Gasteiger partial charge on any atom is -0.482 e. The number of nitrogens with one attached hydrogen (secondary N) is 2. The van der Waals surface area contributed by atoms with E-state index in [-0.39, 0.29) is 12.5 Å². The van der Waals surface area contributed by atoms with Gasteiger partial charge in [0.05, 0.1) is 5.02 Å². The van der Waals surface area contributed by atoms with Crippen molar-refractivity contribution >= 4 is 40.5 Å². The molecule has 3 aromatic carbocycles. The molecule has 0 heterocycles.